The number of aliphatic imine (C=N–C) groups is 1. The highest BCUT2D eigenvalue weighted by Crippen LogP contribution is 1.99. The van der Waals surface area contributed by atoms with E-state index in [1.807, 2.05) is 6.07 Å². The van der Waals surface area contributed by atoms with Gasteiger partial charge < -0.3 is 15.4 Å². The summed E-state index contributed by atoms with van der Waals surface area (Å²) < 4.78 is 5.63. The summed E-state index contributed by atoms with van der Waals surface area (Å²) in [5.41, 5.74) is 1.33. The predicted octanol–water partition coefficient (Wildman–Crippen LogP) is 2.83. The van der Waals surface area contributed by atoms with Crippen LogP contribution in [0.15, 0.2) is 35.3 Å². The molecule has 0 unspecified atom stereocenters. The molecule has 0 aromatic heterocycles. The van der Waals surface area contributed by atoms with E-state index >= 15 is 0 Å². The SMILES string of the molecule is CN=C(NCCCOCCc1ccccc1)NC(C)C.I. The van der Waals surface area contributed by atoms with Gasteiger partial charge in [0.15, 0.2) is 5.96 Å². The summed E-state index contributed by atoms with van der Waals surface area (Å²) in [4.78, 5) is 4.16. The van der Waals surface area contributed by atoms with Crippen LogP contribution in [0.5, 0.6) is 0 Å². The minimum atomic E-state index is 0. The smallest absolute Gasteiger partial charge is 0.191 e. The zero-order valence-electron chi connectivity index (χ0n) is 13.3. The number of halogens is 1. The molecule has 4 nitrogen and oxygen atoms in total. The van der Waals surface area contributed by atoms with E-state index in [4.69, 9.17) is 4.74 Å². The van der Waals surface area contributed by atoms with Crippen molar-refractivity contribution < 1.29 is 4.74 Å². The second-order valence-corrected chi connectivity index (χ2v) is 5.00. The first-order chi connectivity index (χ1) is 9.72. The van der Waals surface area contributed by atoms with E-state index < -0.39 is 0 Å². The fraction of sp³-hybridized carbons (Fsp3) is 0.562. The van der Waals surface area contributed by atoms with Gasteiger partial charge >= 0.3 is 0 Å². The minimum Gasteiger partial charge on any atom is -0.381 e. The van der Waals surface area contributed by atoms with Gasteiger partial charge in [-0.25, -0.2) is 0 Å². The first-order valence-electron chi connectivity index (χ1n) is 7.31. The molecule has 1 aromatic rings. The fourth-order valence-electron chi connectivity index (χ4n) is 1.79. The van der Waals surface area contributed by atoms with Crippen molar-refractivity contribution in [2.45, 2.75) is 32.7 Å². The standard InChI is InChI=1S/C16H27N3O.HI/c1-14(2)19-16(17-3)18-11-7-12-20-13-10-15-8-5-4-6-9-15;/h4-6,8-9,14H,7,10-13H2,1-3H3,(H2,17,18,19);1H. The third kappa shape index (κ3) is 10.5. The van der Waals surface area contributed by atoms with E-state index in [1.54, 1.807) is 7.05 Å². The lowest BCUT2D eigenvalue weighted by molar-refractivity contribution is 0.135. The van der Waals surface area contributed by atoms with Crippen molar-refractivity contribution in [3.63, 3.8) is 0 Å². The molecule has 21 heavy (non-hydrogen) atoms. The average Bonchev–Trinajstić information content (AvgIpc) is 2.45. The lowest BCUT2D eigenvalue weighted by atomic mass is 10.2. The van der Waals surface area contributed by atoms with Crippen LogP contribution in [0.3, 0.4) is 0 Å². The predicted molar refractivity (Wildman–Crippen MR) is 101 cm³/mol. The summed E-state index contributed by atoms with van der Waals surface area (Å²) in [5.74, 6) is 0.851. The molecule has 120 valence electrons. The van der Waals surface area contributed by atoms with Crippen LogP contribution >= 0.6 is 24.0 Å². The molecule has 0 amide bonds. The Bertz CT molecular complexity index is 382. The van der Waals surface area contributed by atoms with Crippen LogP contribution in [-0.4, -0.2) is 38.8 Å². The second kappa shape index (κ2) is 12.9. The molecule has 0 saturated carbocycles. The Kier molecular flexibility index (Phi) is 12.4. The molecule has 1 rings (SSSR count). The maximum atomic E-state index is 5.63. The number of nitrogens with zero attached hydrogens (tertiary/aromatic N) is 1. The van der Waals surface area contributed by atoms with E-state index in [-0.39, 0.29) is 24.0 Å². The van der Waals surface area contributed by atoms with Crippen LogP contribution in [0, 0.1) is 0 Å². The van der Waals surface area contributed by atoms with Gasteiger partial charge in [0.1, 0.15) is 0 Å². The summed E-state index contributed by atoms with van der Waals surface area (Å²) in [6.07, 6.45) is 1.96. The van der Waals surface area contributed by atoms with Gasteiger partial charge in [0.25, 0.3) is 0 Å². The zero-order chi connectivity index (χ0) is 14.6. The quantitative estimate of drug-likeness (QED) is 0.303. The normalized spacial score (nSPS) is 11.1. The topological polar surface area (TPSA) is 45.7 Å². The summed E-state index contributed by atoms with van der Waals surface area (Å²) in [6, 6.07) is 10.8. The number of nitrogens with one attached hydrogen (secondary N) is 2. The molecule has 0 aliphatic rings. The molecule has 0 bridgehead atoms. The van der Waals surface area contributed by atoms with Gasteiger partial charge in [0.05, 0.1) is 6.61 Å². The van der Waals surface area contributed by atoms with Gasteiger partial charge in [0.2, 0.25) is 0 Å². The lowest BCUT2D eigenvalue weighted by Crippen LogP contribution is -2.41. The van der Waals surface area contributed by atoms with E-state index in [0.717, 1.165) is 38.6 Å². The molecular formula is C16H28IN3O. The fourth-order valence-corrected chi connectivity index (χ4v) is 1.79. The number of hydrogen-bond acceptors (Lipinski definition) is 2. The summed E-state index contributed by atoms with van der Waals surface area (Å²) in [5, 5.41) is 6.52. The number of benzene rings is 1. The van der Waals surface area contributed by atoms with Crippen LogP contribution < -0.4 is 10.6 Å². The van der Waals surface area contributed by atoms with Crippen molar-refractivity contribution in [2.24, 2.45) is 4.99 Å². The van der Waals surface area contributed by atoms with Crippen molar-refractivity contribution in [2.75, 3.05) is 26.8 Å². The summed E-state index contributed by atoms with van der Waals surface area (Å²) >= 11 is 0. The molecule has 1 aromatic carbocycles. The second-order valence-electron chi connectivity index (χ2n) is 5.00. The largest absolute Gasteiger partial charge is 0.381 e. The van der Waals surface area contributed by atoms with E-state index in [1.165, 1.54) is 5.56 Å². The molecule has 2 N–H and O–H groups in total. The van der Waals surface area contributed by atoms with Gasteiger partial charge in [-0.05, 0) is 32.3 Å². The molecular weight excluding hydrogens is 377 g/mol. The lowest BCUT2D eigenvalue weighted by Gasteiger charge is -2.14. The van der Waals surface area contributed by atoms with E-state index in [0.29, 0.717) is 6.04 Å². The number of hydrogen-bond donors (Lipinski definition) is 2. The van der Waals surface area contributed by atoms with Gasteiger partial charge in [-0.1, -0.05) is 30.3 Å². The van der Waals surface area contributed by atoms with Crippen LogP contribution in [-0.2, 0) is 11.2 Å². The third-order valence-corrected chi connectivity index (χ3v) is 2.78. The maximum absolute atomic E-state index is 5.63. The Morgan fingerprint density at radius 1 is 1.19 bits per heavy atom. The van der Waals surface area contributed by atoms with Crippen molar-refractivity contribution in [3.8, 4) is 0 Å². The van der Waals surface area contributed by atoms with Gasteiger partial charge in [-0.3, -0.25) is 4.99 Å². The van der Waals surface area contributed by atoms with Crippen LogP contribution in [0.4, 0.5) is 0 Å². The molecule has 0 radical (unpaired) electrons. The van der Waals surface area contributed by atoms with Crippen molar-refractivity contribution in [1.82, 2.24) is 10.6 Å². The van der Waals surface area contributed by atoms with Crippen molar-refractivity contribution in [3.05, 3.63) is 35.9 Å². The molecule has 0 saturated heterocycles. The van der Waals surface area contributed by atoms with Crippen LogP contribution in [0.1, 0.15) is 25.8 Å². The zero-order valence-corrected chi connectivity index (χ0v) is 15.6. The highest BCUT2D eigenvalue weighted by Gasteiger charge is 1.98. The highest BCUT2D eigenvalue weighted by atomic mass is 127. The van der Waals surface area contributed by atoms with Crippen LogP contribution in [0.2, 0.25) is 0 Å². The van der Waals surface area contributed by atoms with Crippen LogP contribution in [0.25, 0.3) is 0 Å². The van der Waals surface area contributed by atoms with Gasteiger partial charge in [0, 0.05) is 26.2 Å². The third-order valence-electron chi connectivity index (χ3n) is 2.78. The number of ether oxygens (including phenoxy) is 1. The Hall–Kier alpha value is -0.820. The summed E-state index contributed by atoms with van der Waals surface area (Å²) in [7, 11) is 1.79. The average molecular weight is 405 g/mol. The van der Waals surface area contributed by atoms with Gasteiger partial charge in [-0.2, -0.15) is 0 Å². The Labute approximate surface area is 145 Å². The highest BCUT2D eigenvalue weighted by molar-refractivity contribution is 14.0. The minimum absolute atomic E-state index is 0. The Morgan fingerprint density at radius 3 is 2.52 bits per heavy atom. The molecule has 0 aliphatic carbocycles. The first-order valence-corrected chi connectivity index (χ1v) is 7.31. The number of rotatable bonds is 8. The molecule has 0 fully saturated rings. The van der Waals surface area contributed by atoms with E-state index in [9.17, 15) is 0 Å². The van der Waals surface area contributed by atoms with Crippen molar-refractivity contribution in [1.29, 1.82) is 0 Å². The van der Waals surface area contributed by atoms with Gasteiger partial charge in [-0.15, -0.1) is 24.0 Å². The maximum Gasteiger partial charge on any atom is 0.191 e. The molecule has 0 spiro atoms. The Morgan fingerprint density at radius 2 is 1.90 bits per heavy atom. The molecule has 0 heterocycles. The Balaban J connectivity index is 0.00000400. The molecule has 5 heteroatoms. The van der Waals surface area contributed by atoms with Crippen molar-refractivity contribution >= 4 is 29.9 Å². The monoisotopic (exact) mass is 405 g/mol. The first kappa shape index (κ1) is 20.2. The molecule has 0 atom stereocenters. The number of guanidine groups is 1. The summed E-state index contributed by atoms with van der Waals surface area (Å²) in [6.45, 7) is 6.62. The molecule has 0 aliphatic heterocycles. The van der Waals surface area contributed by atoms with E-state index in [2.05, 4.69) is 53.7 Å².